The number of nitrogens with zero attached hydrogens (tertiary/aromatic N) is 1. The lowest BCUT2D eigenvalue weighted by Gasteiger charge is -2.29. The van der Waals surface area contributed by atoms with Crippen molar-refractivity contribution >= 4 is 11.6 Å². The minimum atomic E-state index is -1.08. The third-order valence-corrected chi connectivity index (χ3v) is 4.29. The summed E-state index contributed by atoms with van der Waals surface area (Å²) in [6.07, 6.45) is 2.12. The first-order chi connectivity index (χ1) is 9.57. The number of amides is 1. The predicted octanol–water partition coefficient (Wildman–Crippen LogP) is 0.914. The quantitative estimate of drug-likeness (QED) is 0.799. The molecule has 0 radical (unpaired) electrons. The van der Waals surface area contributed by atoms with Crippen molar-refractivity contribution in [2.24, 2.45) is 5.73 Å². The van der Waals surface area contributed by atoms with E-state index in [1.54, 1.807) is 11.8 Å². The number of hydrogen-bond donors (Lipinski definition) is 2. The Labute approximate surface area is 118 Å². The summed E-state index contributed by atoms with van der Waals surface area (Å²) in [6.45, 7) is 2.90. The zero-order chi connectivity index (χ0) is 14.3. The third kappa shape index (κ3) is 1.89. The molecule has 108 valence electrons. The monoisotopic (exact) mass is 276 g/mol. The van der Waals surface area contributed by atoms with E-state index in [1.165, 1.54) is 0 Å². The fourth-order valence-electron chi connectivity index (χ4n) is 3.18. The van der Waals surface area contributed by atoms with Crippen LogP contribution in [0.3, 0.4) is 0 Å². The molecule has 5 heteroatoms. The number of benzene rings is 1. The molecule has 1 aromatic rings. The second-order valence-corrected chi connectivity index (χ2v) is 5.56. The number of nitrogens with two attached hydrogens (primary N) is 1. The molecule has 1 aromatic carbocycles. The average Bonchev–Trinajstić information content (AvgIpc) is 2.85. The van der Waals surface area contributed by atoms with Gasteiger partial charge in [0.2, 0.25) is 5.91 Å². The largest absolute Gasteiger partial charge is 0.491 e. The molecular weight excluding hydrogens is 256 g/mol. The standard InChI is InChI=1S/C15H20N2O3/c1-10(18)17-7-2-6-15(19,9-16)12-4-3-11-5-8-20-14(11)13(12)17/h3-4,19H,2,5-9,16H2,1H3. The fraction of sp³-hybridized carbons (Fsp3) is 0.533. The van der Waals surface area contributed by atoms with Gasteiger partial charge in [0, 0.05) is 32.0 Å². The van der Waals surface area contributed by atoms with Crippen LogP contribution in [0.15, 0.2) is 12.1 Å². The summed E-state index contributed by atoms with van der Waals surface area (Å²) in [5.41, 5.74) is 7.24. The van der Waals surface area contributed by atoms with E-state index in [0.717, 1.165) is 29.8 Å². The Balaban J connectivity index is 2.24. The van der Waals surface area contributed by atoms with E-state index in [-0.39, 0.29) is 12.5 Å². The Kier molecular flexibility index (Phi) is 3.18. The van der Waals surface area contributed by atoms with Crippen molar-refractivity contribution in [2.45, 2.75) is 31.8 Å². The Bertz CT molecular complexity index is 558. The molecule has 0 fully saturated rings. The van der Waals surface area contributed by atoms with E-state index in [4.69, 9.17) is 10.5 Å². The molecule has 1 atom stereocenters. The lowest BCUT2D eigenvalue weighted by Crippen LogP contribution is -2.35. The van der Waals surface area contributed by atoms with Gasteiger partial charge in [0.15, 0.2) is 0 Å². The van der Waals surface area contributed by atoms with Gasteiger partial charge in [-0.3, -0.25) is 4.79 Å². The lowest BCUT2D eigenvalue weighted by molar-refractivity contribution is -0.116. The third-order valence-electron chi connectivity index (χ3n) is 4.29. The minimum absolute atomic E-state index is 0.0311. The molecular formula is C15H20N2O3. The van der Waals surface area contributed by atoms with Crippen molar-refractivity contribution in [1.82, 2.24) is 0 Å². The highest BCUT2D eigenvalue weighted by molar-refractivity contribution is 5.95. The van der Waals surface area contributed by atoms with Gasteiger partial charge in [-0.05, 0) is 18.4 Å². The van der Waals surface area contributed by atoms with E-state index in [1.807, 2.05) is 12.1 Å². The van der Waals surface area contributed by atoms with Crippen molar-refractivity contribution in [1.29, 1.82) is 0 Å². The summed E-state index contributed by atoms with van der Waals surface area (Å²) < 4.78 is 5.72. The molecule has 2 aliphatic rings. The molecule has 3 rings (SSSR count). The van der Waals surface area contributed by atoms with Crippen LogP contribution in [-0.2, 0) is 16.8 Å². The zero-order valence-electron chi connectivity index (χ0n) is 11.7. The second-order valence-electron chi connectivity index (χ2n) is 5.56. The molecule has 3 N–H and O–H groups in total. The van der Waals surface area contributed by atoms with Gasteiger partial charge in [0.25, 0.3) is 0 Å². The van der Waals surface area contributed by atoms with E-state index < -0.39 is 5.60 Å². The maximum Gasteiger partial charge on any atom is 0.223 e. The van der Waals surface area contributed by atoms with Gasteiger partial charge in [-0.1, -0.05) is 12.1 Å². The SMILES string of the molecule is CC(=O)N1CCCC(O)(CN)c2ccc3c(c21)OCC3. The Hall–Kier alpha value is -1.59. The molecule has 2 heterocycles. The molecule has 2 aliphatic heterocycles. The van der Waals surface area contributed by atoms with E-state index in [9.17, 15) is 9.90 Å². The van der Waals surface area contributed by atoms with Gasteiger partial charge in [-0.2, -0.15) is 0 Å². The van der Waals surface area contributed by atoms with E-state index in [2.05, 4.69) is 0 Å². The van der Waals surface area contributed by atoms with Crippen LogP contribution in [0.4, 0.5) is 5.69 Å². The molecule has 0 saturated heterocycles. The number of rotatable bonds is 1. The molecule has 0 saturated carbocycles. The van der Waals surface area contributed by atoms with Gasteiger partial charge in [-0.15, -0.1) is 0 Å². The summed E-state index contributed by atoms with van der Waals surface area (Å²) in [5, 5.41) is 10.8. The van der Waals surface area contributed by atoms with Crippen LogP contribution in [0.2, 0.25) is 0 Å². The summed E-state index contributed by atoms with van der Waals surface area (Å²) in [6, 6.07) is 3.88. The average molecular weight is 276 g/mol. The van der Waals surface area contributed by atoms with Crippen LogP contribution in [0.5, 0.6) is 5.75 Å². The van der Waals surface area contributed by atoms with Gasteiger partial charge in [0.05, 0.1) is 12.3 Å². The van der Waals surface area contributed by atoms with Crippen LogP contribution >= 0.6 is 0 Å². The summed E-state index contributed by atoms with van der Waals surface area (Å²) in [7, 11) is 0. The number of hydrogen-bond acceptors (Lipinski definition) is 4. The van der Waals surface area contributed by atoms with E-state index >= 15 is 0 Å². The first kappa shape index (κ1) is 13.4. The second kappa shape index (κ2) is 4.75. The topological polar surface area (TPSA) is 75.8 Å². The van der Waals surface area contributed by atoms with Crippen molar-refractivity contribution in [2.75, 3.05) is 24.6 Å². The smallest absolute Gasteiger partial charge is 0.223 e. The Morgan fingerprint density at radius 1 is 1.55 bits per heavy atom. The molecule has 0 aromatic heterocycles. The summed E-state index contributed by atoms with van der Waals surface area (Å²) in [4.78, 5) is 13.7. The van der Waals surface area contributed by atoms with Crippen LogP contribution in [0.25, 0.3) is 0 Å². The van der Waals surface area contributed by atoms with Crippen molar-refractivity contribution in [3.05, 3.63) is 23.3 Å². The highest BCUT2D eigenvalue weighted by atomic mass is 16.5. The molecule has 1 amide bonds. The Morgan fingerprint density at radius 3 is 3.05 bits per heavy atom. The van der Waals surface area contributed by atoms with Crippen molar-refractivity contribution < 1.29 is 14.6 Å². The number of aliphatic hydroxyl groups is 1. The van der Waals surface area contributed by atoms with Crippen LogP contribution in [-0.4, -0.2) is 30.7 Å². The zero-order valence-corrected chi connectivity index (χ0v) is 11.7. The number of anilines is 1. The first-order valence-corrected chi connectivity index (χ1v) is 7.06. The molecule has 20 heavy (non-hydrogen) atoms. The predicted molar refractivity (Wildman–Crippen MR) is 75.9 cm³/mol. The maximum absolute atomic E-state index is 12.0. The number of carbonyl (C=O) groups is 1. The van der Waals surface area contributed by atoms with Crippen LogP contribution < -0.4 is 15.4 Å². The van der Waals surface area contributed by atoms with Crippen molar-refractivity contribution in [3.8, 4) is 5.75 Å². The van der Waals surface area contributed by atoms with Gasteiger partial charge < -0.3 is 20.5 Å². The molecule has 0 bridgehead atoms. The molecule has 0 spiro atoms. The van der Waals surface area contributed by atoms with Gasteiger partial charge in [-0.25, -0.2) is 0 Å². The summed E-state index contributed by atoms with van der Waals surface area (Å²) in [5.74, 6) is 0.711. The number of fused-ring (bicyclic) bond motifs is 3. The van der Waals surface area contributed by atoms with Crippen LogP contribution in [0.1, 0.15) is 30.9 Å². The van der Waals surface area contributed by atoms with Crippen molar-refractivity contribution in [3.63, 3.8) is 0 Å². The summed E-state index contributed by atoms with van der Waals surface area (Å²) >= 11 is 0. The van der Waals surface area contributed by atoms with E-state index in [0.29, 0.717) is 25.1 Å². The van der Waals surface area contributed by atoms with Crippen LogP contribution in [0, 0.1) is 0 Å². The first-order valence-electron chi connectivity index (χ1n) is 7.06. The number of ether oxygens (including phenoxy) is 1. The lowest BCUT2D eigenvalue weighted by atomic mass is 9.88. The number of carbonyl (C=O) groups excluding carboxylic acids is 1. The van der Waals surface area contributed by atoms with Gasteiger partial charge in [0.1, 0.15) is 11.4 Å². The minimum Gasteiger partial charge on any atom is -0.491 e. The Morgan fingerprint density at radius 2 is 2.35 bits per heavy atom. The molecule has 1 unspecified atom stereocenters. The highest BCUT2D eigenvalue weighted by Gasteiger charge is 2.38. The van der Waals surface area contributed by atoms with Gasteiger partial charge >= 0.3 is 0 Å². The normalized spacial score (nSPS) is 24.6. The molecule has 0 aliphatic carbocycles. The molecule has 5 nitrogen and oxygen atoms in total. The highest BCUT2D eigenvalue weighted by Crippen LogP contribution is 2.46. The maximum atomic E-state index is 12.0. The fourth-order valence-corrected chi connectivity index (χ4v) is 3.18.